The summed E-state index contributed by atoms with van der Waals surface area (Å²) in [7, 11) is 0. The van der Waals surface area contributed by atoms with Crippen LogP contribution >= 0.6 is 0 Å². The van der Waals surface area contributed by atoms with Crippen LogP contribution in [0.2, 0.25) is 0 Å². The highest BCUT2D eigenvalue weighted by Gasteiger charge is 2.27. The third kappa shape index (κ3) is 2.39. The first kappa shape index (κ1) is 13.4. The second-order valence-corrected chi connectivity index (χ2v) is 6.05. The molecule has 0 saturated heterocycles. The molecule has 2 heterocycles. The molecule has 114 valence electrons. The van der Waals surface area contributed by atoms with E-state index < -0.39 is 0 Å². The predicted molar refractivity (Wildman–Crippen MR) is 85.6 cm³/mol. The molecular formula is C18H19NO3. The van der Waals surface area contributed by atoms with E-state index in [9.17, 15) is 0 Å². The normalized spacial score (nSPS) is 25.8. The Hall–Kier alpha value is -2.23. The molecule has 4 rings (SSSR count). The number of nitrogens with zero attached hydrogens (tertiary/aromatic N) is 1. The summed E-state index contributed by atoms with van der Waals surface area (Å²) in [6.45, 7) is 2.54. The van der Waals surface area contributed by atoms with Crippen molar-refractivity contribution in [1.82, 2.24) is 0 Å². The second-order valence-electron chi connectivity index (χ2n) is 6.05. The standard InChI is InChI=1S/C18H19NO3/c1-12-2-3-13-6-8-19-9-7-14-15(22-17(13)10-12)4-5-16-18(14)21-11-20-16/h4-9,12,17H,2-3,10-11H2,1H3. The van der Waals surface area contributed by atoms with Gasteiger partial charge in [-0.25, -0.2) is 0 Å². The van der Waals surface area contributed by atoms with Gasteiger partial charge in [-0.1, -0.05) is 6.92 Å². The Morgan fingerprint density at radius 3 is 3.05 bits per heavy atom. The van der Waals surface area contributed by atoms with Crippen LogP contribution in [0.4, 0.5) is 0 Å². The summed E-state index contributed by atoms with van der Waals surface area (Å²) in [5.74, 6) is 3.03. The van der Waals surface area contributed by atoms with E-state index in [2.05, 4.69) is 18.0 Å². The van der Waals surface area contributed by atoms with E-state index in [1.807, 2.05) is 24.4 Å². The van der Waals surface area contributed by atoms with Gasteiger partial charge in [0.05, 0.1) is 5.56 Å². The fourth-order valence-electron chi connectivity index (χ4n) is 3.22. The first-order chi connectivity index (χ1) is 10.8. The molecule has 2 atom stereocenters. The van der Waals surface area contributed by atoms with Gasteiger partial charge in [0.1, 0.15) is 11.9 Å². The van der Waals surface area contributed by atoms with Crippen molar-refractivity contribution in [3.05, 3.63) is 35.5 Å². The molecule has 1 aromatic carbocycles. The van der Waals surface area contributed by atoms with Gasteiger partial charge in [0.15, 0.2) is 11.5 Å². The lowest BCUT2D eigenvalue weighted by Gasteiger charge is -2.30. The number of benzene rings is 1. The predicted octanol–water partition coefficient (Wildman–Crippen LogP) is 3.96. The topological polar surface area (TPSA) is 40.0 Å². The lowest BCUT2D eigenvalue weighted by Crippen LogP contribution is -2.27. The highest BCUT2D eigenvalue weighted by atomic mass is 16.7. The van der Waals surface area contributed by atoms with E-state index >= 15 is 0 Å². The largest absolute Gasteiger partial charge is 0.485 e. The highest BCUT2D eigenvalue weighted by Crippen LogP contribution is 2.43. The van der Waals surface area contributed by atoms with Crippen molar-refractivity contribution in [2.45, 2.75) is 32.3 Å². The zero-order valence-corrected chi connectivity index (χ0v) is 12.6. The third-order valence-corrected chi connectivity index (χ3v) is 4.46. The van der Waals surface area contributed by atoms with Crippen molar-refractivity contribution < 1.29 is 14.2 Å². The Balaban J connectivity index is 1.77. The van der Waals surface area contributed by atoms with Crippen LogP contribution in [-0.4, -0.2) is 19.1 Å². The minimum atomic E-state index is 0.112. The van der Waals surface area contributed by atoms with E-state index in [1.54, 1.807) is 6.20 Å². The molecule has 22 heavy (non-hydrogen) atoms. The molecule has 0 radical (unpaired) electrons. The SMILES string of the molecule is CC1CCC2=CC=NC=Cc3c(ccc4c3OCO4)OC2C1. The minimum Gasteiger partial charge on any atom is -0.485 e. The van der Waals surface area contributed by atoms with Crippen LogP contribution in [0, 0.1) is 5.92 Å². The molecule has 0 spiro atoms. The lowest BCUT2D eigenvalue weighted by molar-refractivity contribution is 0.170. The Kier molecular flexibility index (Phi) is 3.37. The Morgan fingerprint density at radius 2 is 2.09 bits per heavy atom. The number of hydrogen-bond donors (Lipinski definition) is 0. The molecule has 0 bridgehead atoms. The number of ether oxygens (including phenoxy) is 3. The molecular weight excluding hydrogens is 278 g/mol. The highest BCUT2D eigenvalue weighted by molar-refractivity contribution is 5.75. The molecule has 2 unspecified atom stereocenters. The van der Waals surface area contributed by atoms with Crippen LogP contribution in [0.3, 0.4) is 0 Å². The Bertz CT molecular complexity index is 675. The van der Waals surface area contributed by atoms with Gasteiger partial charge in [0, 0.05) is 12.4 Å². The molecule has 4 nitrogen and oxygen atoms in total. The molecule has 0 amide bonds. The average molecular weight is 297 g/mol. The van der Waals surface area contributed by atoms with Gasteiger partial charge >= 0.3 is 0 Å². The number of fused-ring (bicyclic) bond motifs is 4. The first-order valence-electron chi connectivity index (χ1n) is 7.79. The van der Waals surface area contributed by atoms with Gasteiger partial charge in [0.25, 0.3) is 0 Å². The van der Waals surface area contributed by atoms with Crippen LogP contribution in [0.1, 0.15) is 31.7 Å². The number of rotatable bonds is 0. The molecule has 1 aliphatic carbocycles. The van der Waals surface area contributed by atoms with E-state index in [0.717, 1.165) is 35.7 Å². The quantitative estimate of drug-likeness (QED) is 0.727. The molecule has 0 aromatic heterocycles. The van der Waals surface area contributed by atoms with E-state index in [0.29, 0.717) is 5.92 Å². The van der Waals surface area contributed by atoms with Crippen molar-refractivity contribution >= 4 is 12.3 Å². The number of allylic oxidation sites excluding steroid dienone is 1. The van der Waals surface area contributed by atoms with Crippen molar-refractivity contribution in [2.75, 3.05) is 6.79 Å². The fraction of sp³-hybridized carbons (Fsp3) is 0.389. The monoisotopic (exact) mass is 297 g/mol. The van der Waals surface area contributed by atoms with Gasteiger partial charge in [-0.05, 0) is 55.0 Å². The maximum atomic E-state index is 6.36. The van der Waals surface area contributed by atoms with E-state index in [4.69, 9.17) is 14.2 Å². The van der Waals surface area contributed by atoms with Crippen LogP contribution in [0.5, 0.6) is 17.2 Å². The summed E-state index contributed by atoms with van der Waals surface area (Å²) < 4.78 is 17.4. The van der Waals surface area contributed by atoms with Crippen molar-refractivity contribution in [1.29, 1.82) is 0 Å². The fourth-order valence-corrected chi connectivity index (χ4v) is 3.22. The molecule has 1 fully saturated rings. The summed E-state index contributed by atoms with van der Waals surface area (Å²) in [4.78, 5) is 4.33. The zero-order valence-electron chi connectivity index (χ0n) is 12.6. The summed E-state index contributed by atoms with van der Waals surface area (Å²) >= 11 is 0. The summed E-state index contributed by atoms with van der Waals surface area (Å²) in [6.07, 6.45) is 11.1. The molecule has 1 saturated carbocycles. The van der Waals surface area contributed by atoms with Gasteiger partial charge in [0.2, 0.25) is 6.79 Å². The molecule has 1 aromatic rings. The third-order valence-electron chi connectivity index (χ3n) is 4.46. The van der Waals surface area contributed by atoms with Crippen molar-refractivity contribution in [3.8, 4) is 17.2 Å². The maximum absolute atomic E-state index is 6.36. The molecule has 4 heteroatoms. The molecule has 0 N–H and O–H groups in total. The van der Waals surface area contributed by atoms with Gasteiger partial charge in [-0.15, -0.1) is 0 Å². The van der Waals surface area contributed by atoms with Crippen LogP contribution in [-0.2, 0) is 0 Å². The zero-order chi connectivity index (χ0) is 14.9. The second kappa shape index (κ2) is 5.52. The lowest BCUT2D eigenvalue weighted by atomic mass is 9.84. The van der Waals surface area contributed by atoms with Crippen molar-refractivity contribution in [2.24, 2.45) is 10.9 Å². The van der Waals surface area contributed by atoms with Crippen LogP contribution < -0.4 is 14.2 Å². The molecule has 2 aliphatic heterocycles. The van der Waals surface area contributed by atoms with Gasteiger partial charge < -0.3 is 14.2 Å². The van der Waals surface area contributed by atoms with E-state index in [1.165, 1.54) is 12.0 Å². The summed E-state index contributed by atoms with van der Waals surface area (Å²) in [6, 6.07) is 3.88. The number of aliphatic imine (C=N–C) groups is 1. The van der Waals surface area contributed by atoms with Crippen LogP contribution in [0.15, 0.2) is 35.0 Å². The minimum absolute atomic E-state index is 0.112. The first-order valence-corrected chi connectivity index (χ1v) is 7.79. The molecule has 3 aliphatic rings. The van der Waals surface area contributed by atoms with Gasteiger partial charge in [-0.2, -0.15) is 0 Å². The Labute approximate surface area is 130 Å². The van der Waals surface area contributed by atoms with Crippen LogP contribution in [0.25, 0.3) is 6.08 Å². The summed E-state index contributed by atoms with van der Waals surface area (Å²) in [5.41, 5.74) is 2.23. The van der Waals surface area contributed by atoms with Crippen molar-refractivity contribution in [3.63, 3.8) is 0 Å². The number of hydrogen-bond acceptors (Lipinski definition) is 4. The van der Waals surface area contributed by atoms with Gasteiger partial charge in [-0.3, -0.25) is 4.99 Å². The summed E-state index contributed by atoms with van der Waals surface area (Å²) in [5, 5.41) is 0. The van der Waals surface area contributed by atoms with E-state index in [-0.39, 0.29) is 12.9 Å². The smallest absolute Gasteiger partial charge is 0.231 e. The Morgan fingerprint density at radius 1 is 1.18 bits per heavy atom. The average Bonchev–Trinajstić information content (AvgIpc) is 2.99. The maximum Gasteiger partial charge on any atom is 0.231 e.